The van der Waals surface area contributed by atoms with Crippen molar-refractivity contribution < 1.29 is 8.78 Å². The van der Waals surface area contributed by atoms with Gasteiger partial charge in [0.05, 0.1) is 5.02 Å². The number of alkyl halides is 2. The molecule has 66 valence electrons. The monoisotopic (exact) mass is 210 g/mol. The van der Waals surface area contributed by atoms with E-state index >= 15 is 0 Å². The summed E-state index contributed by atoms with van der Waals surface area (Å²) in [7, 11) is 0. The van der Waals surface area contributed by atoms with Gasteiger partial charge in [-0.1, -0.05) is 23.2 Å². The molecule has 0 aliphatic carbocycles. The number of rotatable bonds is 1. The number of hydrogen-bond donors (Lipinski definition) is 0. The van der Waals surface area contributed by atoms with E-state index in [1.165, 1.54) is 12.1 Å². The van der Waals surface area contributed by atoms with Crippen LogP contribution in [0, 0.1) is 6.92 Å². The van der Waals surface area contributed by atoms with E-state index in [0.29, 0.717) is 10.6 Å². The van der Waals surface area contributed by atoms with E-state index in [1.54, 1.807) is 6.92 Å². The highest BCUT2D eigenvalue weighted by Gasteiger charge is 2.13. The molecule has 0 amide bonds. The first-order valence-electron chi connectivity index (χ1n) is 3.26. The minimum Gasteiger partial charge on any atom is -0.205 e. The molecule has 0 spiro atoms. The Kier molecular flexibility index (Phi) is 2.91. The first kappa shape index (κ1) is 9.75. The Morgan fingerprint density at radius 2 is 1.75 bits per heavy atom. The lowest BCUT2D eigenvalue weighted by Gasteiger charge is -2.05. The van der Waals surface area contributed by atoms with Crippen molar-refractivity contribution in [2.45, 2.75) is 13.3 Å². The first-order chi connectivity index (χ1) is 5.52. The maximum atomic E-state index is 12.2. The zero-order valence-corrected chi connectivity index (χ0v) is 7.76. The predicted octanol–water partition coefficient (Wildman–Crippen LogP) is 4.24. The fourth-order valence-electron chi connectivity index (χ4n) is 0.847. The minimum absolute atomic E-state index is 0.0144. The van der Waals surface area contributed by atoms with Crippen LogP contribution >= 0.6 is 23.2 Å². The quantitative estimate of drug-likeness (QED) is 0.651. The lowest BCUT2D eigenvalue weighted by Crippen LogP contribution is -1.88. The molecule has 0 fully saturated rings. The summed E-state index contributed by atoms with van der Waals surface area (Å²) >= 11 is 11.2. The zero-order valence-electron chi connectivity index (χ0n) is 6.24. The second-order valence-corrected chi connectivity index (χ2v) is 3.24. The SMILES string of the molecule is Cc1cc(C(F)F)c(Cl)cc1Cl. The standard InChI is InChI=1S/C8H6Cl2F2/c1-4-2-5(8(11)12)7(10)3-6(4)9/h2-3,8H,1H3. The predicted molar refractivity (Wildman–Crippen MR) is 46.2 cm³/mol. The third-order valence-corrected chi connectivity index (χ3v) is 2.25. The van der Waals surface area contributed by atoms with Crippen LogP contribution < -0.4 is 0 Å². The highest BCUT2D eigenvalue weighted by Crippen LogP contribution is 2.31. The fraction of sp³-hybridized carbons (Fsp3) is 0.250. The molecule has 4 heteroatoms. The van der Waals surface area contributed by atoms with Crippen LogP contribution in [0.4, 0.5) is 8.78 Å². The molecule has 1 aromatic carbocycles. The van der Waals surface area contributed by atoms with Gasteiger partial charge in [0.25, 0.3) is 6.43 Å². The molecule has 0 aliphatic heterocycles. The van der Waals surface area contributed by atoms with Crippen LogP contribution in [-0.2, 0) is 0 Å². The van der Waals surface area contributed by atoms with E-state index in [2.05, 4.69) is 0 Å². The Morgan fingerprint density at radius 1 is 1.17 bits per heavy atom. The Morgan fingerprint density at radius 3 is 2.25 bits per heavy atom. The van der Waals surface area contributed by atoms with Gasteiger partial charge in [-0.15, -0.1) is 0 Å². The number of halogens is 4. The fourth-order valence-corrected chi connectivity index (χ4v) is 1.31. The summed E-state index contributed by atoms with van der Waals surface area (Å²) in [6.07, 6.45) is -2.55. The Bertz CT molecular complexity index is 297. The number of benzene rings is 1. The van der Waals surface area contributed by atoms with Crippen molar-refractivity contribution in [1.29, 1.82) is 0 Å². The van der Waals surface area contributed by atoms with Gasteiger partial charge in [-0.05, 0) is 24.6 Å². The van der Waals surface area contributed by atoms with Crippen LogP contribution in [0.2, 0.25) is 10.0 Å². The molecule has 0 saturated heterocycles. The zero-order chi connectivity index (χ0) is 9.30. The van der Waals surface area contributed by atoms with E-state index < -0.39 is 6.43 Å². The molecule has 0 N–H and O–H groups in total. The van der Waals surface area contributed by atoms with E-state index in [4.69, 9.17) is 23.2 Å². The third kappa shape index (κ3) is 1.87. The largest absolute Gasteiger partial charge is 0.265 e. The van der Waals surface area contributed by atoms with Gasteiger partial charge in [0, 0.05) is 10.6 Å². The van der Waals surface area contributed by atoms with Gasteiger partial charge in [-0.2, -0.15) is 0 Å². The molecule has 0 aliphatic rings. The summed E-state index contributed by atoms with van der Waals surface area (Å²) in [5.41, 5.74) is 0.440. The summed E-state index contributed by atoms with van der Waals surface area (Å²) in [5, 5.41) is 0.421. The van der Waals surface area contributed by atoms with Gasteiger partial charge in [0.2, 0.25) is 0 Å². The lowest BCUT2D eigenvalue weighted by molar-refractivity contribution is 0.151. The minimum atomic E-state index is -2.55. The summed E-state index contributed by atoms with van der Waals surface area (Å²) in [6.45, 7) is 1.66. The van der Waals surface area contributed by atoms with Gasteiger partial charge < -0.3 is 0 Å². The van der Waals surface area contributed by atoms with Crippen molar-refractivity contribution >= 4 is 23.2 Å². The molecular formula is C8H6Cl2F2. The molecule has 1 rings (SSSR count). The van der Waals surface area contributed by atoms with Crippen molar-refractivity contribution in [1.82, 2.24) is 0 Å². The molecule has 0 unspecified atom stereocenters. The van der Waals surface area contributed by atoms with Gasteiger partial charge in [-0.25, -0.2) is 8.78 Å². The normalized spacial score (nSPS) is 10.8. The molecule has 0 saturated carbocycles. The van der Waals surface area contributed by atoms with Crippen molar-refractivity contribution in [3.63, 3.8) is 0 Å². The molecular weight excluding hydrogens is 205 g/mol. The van der Waals surface area contributed by atoms with Crippen LogP contribution in [0.25, 0.3) is 0 Å². The first-order valence-corrected chi connectivity index (χ1v) is 4.01. The highest BCUT2D eigenvalue weighted by atomic mass is 35.5. The van der Waals surface area contributed by atoms with E-state index in [-0.39, 0.29) is 10.6 Å². The van der Waals surface area contributed by atoms with E-state index in [9.17, 15) is 8.78 Å². The maximum Gasteiger partial charge on any atom is 0.265 e. The second kappa shape index (κ2) is 3.58. The molecule has 0 heterocycles. The average molecular weight is 211 g/mol. The topological polar surface area (TPSA) is 0 Å². The Balaban J connectivity index is 3.23. The molecule has 0 radical (unpaired) electrons. The van der Waals surface area contributed by atoms with E-state index in [1.807, 2.05) is 0 Å². The molecule has 1 aromatic rings. The summed E-state index contributed by atoms with van der Waals surface area (Å²) in [6, 6.07) is 2.63. The van der Waals surface area contributed by atoms with Crippen molar-refractivity contribution in [2.75, 3.05) is 0 Å². The summed E-state index contributed by atoms with van der Waals surface area (Å²) in [4.78, 5) is 0. The van der Waals surface area contributed by atoms with Crippen LogP contribution in [0.3, 0.4) is 0 Å². The van der Waals surface area contributed by atoms with Gasteiger partial charge in [0.15, 0.2) is 0 Å². The number of aryl methyl sites for hydroxylation is 1. The van der Waals surface area contributed by atoms with Crippen molar-refractivity contribution in [3.05, 3.63) is 33.3 Å². The molecule has 0 aromatic heterocycles. The van der Waals surface area contributed by atoms with Crippen molar-refractivity contribution in [2.24, 2.45) is 0 Å². The van der Waals surface area contributed by atoms with Gasteiger partial charge in [-0.3, -0.25) is 0 Å². The van der Waals surface area contributed by atoms with Crippen LogP contribution in [0.5, 0.6) is 0 Å². The average Bonchev–Trinajstić information content (AvgIpc) is 1.96. The summed E-state index contributed by atoms with van der Waals surface area (Å²) in [5.74, 6) is 0. The van der Waals surface area contributed by atoms with Crippen molar-refractivity contribution in [3.8, 4) is 0 Å². The Hall–Kier alpha value is -0.340. The molecule has 0 atom stereocenters. The van der Waals surface area contributed by atoms with Crippen LogP contribution in [0.15, 0.2) is 12.1 Å². The molecule has 0 nitrogen and oxygen atoms in total. The molecule has 0 bridgehead atoms. The van der Waals surface area contributed by atoms with Gasteiger partial charge in [0.1, 0.15) is 0 Å². The second-order valence-electron chi connectivity index (χ2n) is 2.42. The van der Waals surface area contributed by atoms with Gasteiger partial charge >= 0.3 is 0 Å². The maximum absolute atomic E-state index is 12.2. The highest BCUT2D eigenvalue weighted by molar-refractivity contribution is 6.35. The van der Waals surface area contributed by atoms with Crippen LogP contribution in [-0.4, -0.2) is 0 Å². The smallest absolute Gasteiger partial charge is 0.205 e. The Labute approximate surface area is 79.1 Å². The lowest BCUT2D eigenvalue weighted by atomic mass is 10.1. The number of hydrogen-bond acceptors (Lipinski definition) is 0. The molecule has 12 heavy (non-hydrogen) atoms. The third-order valence-electron chi connectivity index (χ3n) is 1.51. The van der Waals surface area contributed by atoms with E-state index in [0.717, 1.165) is 0 Å². The summed E-state index contributed by atoms with van der Waals surface area (Å²) < 4.78 is 24.4. The van der Waals surface area contributed by atoms with Crippen LogP contribution in [0.1, 0.15) is 17.6 Å².